The molecule has 1 saturated heterocycles. The van der Waals surface area contributed by atoms with E-state index in [1.54, 1.807) is 7.11 Å². The molecule has 104 valence electrons. The predicted molar refractivity (Wildman–Crippen MR) is 74.5 cm³/mol. The molecule has 6 nitrogen and oxygen atoms in total. The monoisotopic (exact) mass is 273 g/mol. The fourth-order valence-corrected chi connectivity index (χ4v) is 2.46. The van der Waals surface area contributed by atoms with E-state index in [4.69, 9.17) is 14.2 Å². The topological polar surface area (TPSA) is 59.0 Å². The van der Waals surface area contributed by atoms with E-state index in [1.165, 1.54) is 0 Å². The Morgan fingerprint density at radius 3 is 3.15 bits per heavy atom. The van der Waals surface area contributed by atoms with Crippen LogP contribution in [0, 0.1) is 0 Å². The second-order valence-electron chi connectivity index (χ2n) is 4.90. The fourth-order valence-electron chi connectivity index (χ4n) is 2.46. The number of hydrogen-bond donors (Lipinski definition) is 0. The molecule has 0 radical (unpaired) electrons. The van der Waals surface area contributed by atoms with Gasteiger partial charge in [-0.1, -0.05) is 0 Å². The van der Waals surface area contributed by atoms with Crippen molar-refractivity contribution in [2.75, 3.05) is 33.4 Å². The molecule has 3 aliphatic heterocycles. The van der Waals surface area contributed by atoms with Gasteiger partial charge in [0.25, 0.3) is 0 Å². The zero-order valence-electron chi connectivity index (χ0n) is 11.2. The lowest BCUT2D eigenvalue weighted by Crippen LogP contribution is -2.29. The van der Waals surface area contributed by atoms with Crippen molar-refractivity contribution in [1.29, 1.82) is 0 Å². The number of nitrogens with zero attached hydrogens (tertiary/aromatic N) is 3. The molecule has 1 atom stereocenters. The highest BCUT2D eigenvalue weighted by molar-refractivity contribution is 6.12. The minimum atomic E-state index is 0.217. The van der Waals surface area contributed by atoms with Crippen LogP contribution >= 0.6 is 0 Å². The second kappa shape index (κ2) is 4.49. The van der Waals surface area contributed by atoms with E-state index >= 15 is 0 Å². The summed E-state index contributed by atoms with van der Waals surface area (Å²) in [6.45, 7) is 3.02. The van der Waals surface area contributed by atoms with Crippen LogP contribution in [0.2, 0.25) is 0 Å². The van der Waals surface area contributed by atoms with E-state index in [1.807, 2.05) is 18.5 Å². The average molecular weight is 273 g/mol. The standard InChI is InChI=1S/C14H15N3O3/c1-18-13-11(20-7-9-6-19-9)3-2-10-12(13)16-8-17-5-4-15-14(10)17/h2-3,8-9H,4-7H2,1H3/t9-/m0/s1. The van der Waals surface area contributed by atoms with Crippen molar-refractivity contribution >= 4 is 17.9 Å². The zero-order chi connectivity index (χ0) is 13.5. The number of methoxy groups -OCH3 is 1. The number of epoxide rings is 1. The molecule has 0 unspecified atom stereocenters. The number of amidine groups is 1. The van der Waals surface area contributed by atoms with Crippen molar-refractivity contribution in [1.82, 2.24) is 4.90 Å². The second-order valence-corrected chi connectivity index (χ2v) is 4.90. The number of hydrogen-bond acceptors (Lipinski definition) is 6. The van der Waals surface area contributed by atoms with Crippen LogP contribution in [0.15, 0.2) is 22.1 Å². The van der Waals surface area contributed by atoms with Crippen LogP contribution in [0.4, 0.5) is 5.69 Å². The summed E-state index contributed by atoms with van der Waals surface area (Å²) in [6, 6.07) is 3.91. The first-order valence-electron chi connectivity index (χ1n) is 6.68. The SMILES string of the molecule is COc1c(OC[C@@H]2CO2)ccc2c1N=CN1CCN=C21. The Bertz CT molecular complexity index is 608. The Morgan fingerprint density at radius 1 is 1.45 bits per heavy atom. The van der Waals surface area contributed by atoms with Crippen molar-refractivity contribution in [3.05, 3.63) is 17.7 Å². The van der Waals surface area contributed by atoms with Crippen LogP contribution in [-0.4, -0.2) is 56.6 Å². The molecule has 1 fully saturated rings. The molecule has 0 aliphatic carbocycles. The Kier molecular flexibility index (Phi) is 2.63. The maximum Gasteiger partial charge on any atom is 0.187 e. The van der Waals surface area contributed by atoms with E-state index in [0.29, 0.717) is 18.1 Å². The molecule has 0 N–H and O–H groups in total. The van der Waals surface area contributed by atoms with Gasteiger partial charge in [-0.2, -0.15) is 0 Å². The van der Waals surface area contributed by atoms with Crippen molar-refractivity contribution in [2.24, 2.45) is 9.98 Å². The maximum absolute atomic E-state index is 5.75. The van der Waals surface area contributed by atoms with E-state index < -0.39 is 0 Å². The van der Waals surface area contributed by atoms with Crippen LogP contribution in [0.1, 0.15) is 5.56 Å². The number of ether oxygens (including phenoxy) is 3. The molecule has 6 heteroatoms. The summed E-state index contributed by atoms with van der Waals surface area (Å²) in [7, 11) is 1.63. The summed E-state index contributed by atoms with van der Waals surface area (Å²) in [6.07, 6.45) is 2.03. The van der Waals surface area contributed by atoms with Gasteiger partial charge in [-0.05, 0) is 12.1 Å². The van der Waals surface area contributed by atoms with Gasteiger partial charge in [-0.25, -0.2) is 4.99 Å². The van der Waals surface area contributed by atoms with Gasteiger partial charge in [-0.3, -0.25) is 4.99 Å². The first-order valence-corrected chi connectivity index (χ1v) is 6.68. The smallest absolute Gasteiger partial charge is 0.187 e. The third kappa shape index (κ3) is 1.84. The van der Waals surface area contributed by atoms with Crippen molar-refractivity contribution in [3.8, 4) is 11.5 Å². The summed E-state index contributed by atoms with van der Waals surface area (Å²) >= 11 is 0. The van der Waals surface area contributed by atoms with E-state index in [-0.39, 0.29) is 6.10 Å². The van der Waals surface area contributed by atoms with Gasteiger partial charge in [0.15, 0.2) is 11.5 Å². The summed E-state index contributed by atoms with van der Waals surface area (Å²) < 4.78 is 16.4. The van der Waals surface area contributed by atoms with Gasteiger partial charge < -0.3 is 19.1 Å². The fraction of sp³-hybridized carbons (Fsp3) is 0.429. The maximum atomic E-state index is 5.75. The largest absolute Gasteiger partial charge is 0.491 e. The summed E-state index contributed by atoms with van der Waals surface area (Å²) in [5.41, 5.74) is 1.79. The highest BCUT2D eigenvalue weighted by atomic mass is 16.6. The molecule has 3 aliphatic rings. The van der Waals surface area contributed by atoms with Gasteiger partial charge in [0.1, 0.15) is 24.2 Å². The van der Waals surface area contributed by atoms with Gasteiger partial charge >= 0.3 is 0 Å². The van der Waals surface area contributed by atoms with Gasteiger partial charge in [0.05, 0.1) is 26.6 Å². The molecule has 0 aromatic heterocycles. The minimum Gasteiger partial charge on any atom is -0.491 e. The lowest BCUT2D eigenvalue weighted by atomic mass is 10.1. The lowest BCUT2D eigenvalue weighted by Gasteiger charge is -2.23. The van der Waals surface area contributed by atoms with Crippen LogP contribution in [0.5, 0.6) is 11.5 Å². The molecule has 4 rings (SSSR count). The Labute approximate surface area is 116 Å². The number of benzene rings is 1. The number of rotatable bonds is 4. The third-order valence-corrected chi connectivity index (χ3v) is 3.57. The molecule has 0 spiro atoms. The highest BCUT2D eigenvalue weighted by Gasteiger charge is 2.28. The Morgan fingerprint density at radius 2 is 2.35 bits per heavy atom. The molecule has 0 amide bonds. The highest BCUT2D eigenvalue weighted by Crippen LogP contribution is 2.42. The lowest BCUT2D eigenvalue weighted by molar-refractivity contribution is 0.252. The molecule has 1 aromatic carbocycles. The first kappa shape index (κ1) is 11.7. The predicted octanol–water partition coefficient (Wildman–Crippen LogP) is 1.21. The first-order chi connectivity index (χ1) is 9.86. The summed E-state index contributed by atoms with van der Waals surface area (Å²) in [5.74, 6) is 2.32. The van der Waals surface area contributed by atoms with E-state index in [9.17, 15) is 0 Å². The molecule has 1 aromatic rings. The summed E-state index contributed by atoms with van der Waals surface area (Å²) in [4.78, 5) is 11.1. The van der Waals surface area contributed by atoms with Crippen LogP contribution in [0.3, 0.4) is 0 Å². The van der Waals surface area contributed by atoms with Crippen molar-refractivity contribution in [2.45, 2.75) is 6.10 Å². The minimum absolute atomic E-state index is 0.217. The molecule has 0 bridgehead atoms. The van der Waals surface area contributed by atoms with Crippen molar-refractivity contribution < 1.29 is 14.2 Å². The number of aliphatic imine (C=N–C) groups is 2. The molecule has 0 saturated carbocycles. The van der Waals surface area contributed by atoms with Gasteiger partial charge in [0, 0.05) is 12.1 Å². The third-order valence-electron chi connectivity index (χ3n) is 3.57. The zero-order valence-corrected chi connectivity index (χ0v) is 11.2. The number of fused-ring (bicyclic) bond motifs is 3. The Balaban J connectivity index is 1.72. The van der Waals surface area contributed by atoms with Gasteiger partial charge in [0.2, 0.25) is 0 Å². The molecule has 20 heavy (non-hydrogen) atoms. The van der Waals surface area contributed by atoms with Gasteiger partial charge in [-0.15, -0.1) is 0 Å². The molecular formula is C14H15N3O3. The normalized spacial score (nSPS) is 22.1. The van der Waals surface area contributed by atoms with E-state index in [0.717, 1.165) is 36.8 Å². The Hall–Kier alpha value is -2.08. The molecular weight excluding hydrogens is 258 g/mol. The van der Waals surface area contributed by atoms with Crippen molar-refractivity contribution in [3.63, 3.8) is 0 Å². The van der Waals surface area contributed by atoms with Crippen LogP contribution in [-0.2, 0) is 4.74 Å². The quantitative estimate of drug-likeness (QED) is 0.774. The average Bonchev–Trinajstić information content (AvgIpc) is 3.18. The van der Waals surface area contributed by atoms with E-state index in [2.05, 4.69) is 14.9 Å². The van der Waals surface area contributed by atoms with Crippen LogP contribution in [0.25, 0.3) is 0 Å². The summed E-state index contributed by atoms with van der Waals surface area (Å²) in [5, 5.41) is 0. The molecule has 3 heterocycles. The van der Waals surface area contributed by atoms with Crippen LogP contribution < -0.4 is 9.47 Å².